The molecule has 3 aromatic rings. The van der Waals surface area contributed by atoms with Gasteiger partial charge in [-0.05, 0) is 44.0 Å². The topological polar surface area (TPSA) is 80.0 Å². The van der Waals surface area contributed by atoms with Crippen molar-refractivity contribution >= 4 is 33.9 Å². The van der Waals surface area contributed by atoms with Crippen LogP contribution in [0.2, 0.25) is 5.02 Å². The second kappa shape index (κ2) is 8.91. The van der Waals surface area contributed by atoms with Crippen molar-refractivity contribution in [1.82, 2.24) is 19.5 Å². The Morgan fingerprint density at radius 3 is 2.80 bits per heavy atom. The van der Waals surface area contributed by atoms with Gasteiger partial charge < -0.3 is 9.84 Å². The number of fused-ring (bicyclic) bond motifs is 1. The molecule has 1 fully saturated rings. The molecule has 3 heterocycles. The molecule has 1 N–H and O–H groups in total. The van der Waals surface area contributed by atoms with Crippen LogP contribution in [0.25, 0.3) is 4.96 Å². The second-order valence-electron chi connectivity index (χ2n) is 7.41. The van der Waals surface area contributed by atoms with Crippen LogP contribution in [-0.2, 0) is 16.0 Å². The van der Waals surface area contributed by atoms with E-state index in [1.165, 1.54) is 15.9 Å². The normalized spacial score (nSPS) is 18.6. The first-order chi connectivity index (χ1) is 14.5. The fraction of sp³-hybridized carbons (Fsp3) is 0.476. The summed E-state index contributed by atoms with van der Waals surface area (Å²) in [5, 5.41) is 16.1. The molecule has 0 bridgehead atoms. The Labute approximate surface area is 184 Å². The zero-order valence-electron chi connectivity index (χ0n) is 17.0. The lowest BCUT2D eigenvalue weighted by Crippen LogP contribution is -2.41. The van der Waals surface area contributed by atoms with Crippen LogP contribution in [0.4, 0.5) is 0 Å². The SMILES string of the molecule is CCOC(=O)[C@H]1CCCN([C@H](c2ccc(Cl)cc2)c2sc3nc(CC)nn3c2O)C1. The number of aromatic hydroxyl groups is 1. The first kappa shape index (κ1) is 21.1. The minimum absolute atomic E-state index is 0.0976. The Morgan fingerprint density at radius 2 is 2.13 bits per heavy atom. The minimum Gasteiger partial charge on any atom is -0.492 e. The number of halogens is 1. The summed E-state index contributed by atoms with van der Waals surface area (Å²) >= 11 is 7.54. The Balaban J connectivity index is 1.73. The molecule has 0 radical (unpaired) electrons. The van der Waals surface area contributed by atoms with Gasteiger partial charge in [0.2, 0.25) is 10.8 Å². The van der Waals surface area contributed by atoms with Crippen molar-refractivity contribution in [3.05, 3.63) is 45.6 Å². The van der Waals surface area contributed by atoms with Gasteiger partial charge in [-0.25, -0.2) is 4.98 Å². The van der Waals surface area contributed by atoms with Crippen molar-refractivity contribution in [1.29, 1.82) is 0 Å². The molecule has 9 heteroatoms. The summed E-state index contributed by atoms with van der Waals surface area (Å²) < 4.78 is 6.78. The molecule has 160 valence electrons. The van der Waals surface area contributed by atoms with Crippen LogP contribution < -0.4 is 0 Å². The number of esters is 1. The summed E-state index contributed by atoms with van der Waals surface area (Å²) in [6.45, 7) is 5.57. The fourth-order valence-corrected chi connectivity index (χ4v) is 5.25. The van der Waals surface area contributed by atoms with Crippen molar-refractivity contribution in [3.63, 3.8) is 0 Å². The number of carbonyl (C=O) groups excluding carboxylic acids is 1. The van der Waals surface area contributed by atoms with Crippen LogP contribution >= 0.6 is 22.9 Å². The van der Waals surface area contributed by atoms with Gasteiger partial charge in [0, 0.05) is 18.0 Å². The summed E-state index contributed by atoms with van der Waals surface area (Å²) in [7, 11) is 0. The molecule has 30 heavy (non-hydrogen) atoms. The zero-order chi connectivity index (χ0) is 21.3. The lowest BCUT2D eigenvalue weighted by Gasteiger charge is -2.37. The number of piperidine rings is 1. The highest BCUT2D eigenvalue weighted by atomic mass is 35.5. The molecule has 1 aromatic carbocycles. The Morgan fingerprint density at radius 1 is 1.37 bits per heavy atom. The molecular weight excluding hydrogens is 424 g/mol. The number of hydrogen-bond acceptors (Lipinski definition) is 7. The highest BCUT2D eigenvalue weighted by molar-refractivity contribution is 7.17. The number of aryl methyl sites for hydroxylation is 1. The number of thiazole rings is 1. The number of ether oxygens (including phenoxy) is 1. The summed E-state index contributed by atoms with van der Waals surface area (Å²) in [4.78, 5) is 20.6. The van der Waals surface area contributed by atoms with E-state index in [-0.39, 0.29) is 23.8 Å². The van der Waals surface area contributed by atoms with Gasteiger partial charge >= 0.3 is 5.97 Å². The number of hydrogen-bond donors (Lipinski definition) is 1. The molecule has 7 nitrogen and oxygen atoms in total. The quantitative estimate of drug-likeness (QED) is 0.572. The van der Waals surface area contributed by atoms with Crippen LogP contribution in [-0.4, -0.2) is 50.3 Å². The third-order valence-corrected chi connectivity index (χ3v) is 6.76. The number of carbonyl (C=O) groups is 1. The van der Waals surface area contributed by atoms with Gasteiger partial charge in [-0.15, -0.1) is 5.10 Å². The van der Waals surface area contributed by atoms with E-state index >= 15 is 0 Å². The second-order valence-corrected chi connectivity index (χ2v) is 8.85. The van der Waals surface area contributed by atoms with E-state index in [4.69, 9.17) is 16.3 Å². The number of nitrogens with zero attached hydrogens (tertiary/aromatic N) is 4. The molecule has 1 saturated heterocycles. The van der Waals surface area contributed by atoms with Gasteiger partial charge in [0.1, 0.15) is 0 Å². The van der Waals surface area contributed by atoms with Crippen molar-refractivity contribution in [3.8, 4) is 5.88 Å². The molecule has 1 aliphatic heterocycles. The van der Waals surface area contributed by atoms with Crippen LogP contribution in [0.3, 0.4) is 0 Å². The largest absolute Gasteiger partial charge is 0.492 e. The number of aromatic nitrogens is 3. The van der Waals surface area contributed by atoms with Crippen LogP contribution in [0.1, 0.15) is 49.0 Å². The molecule has 0 amide bonds. The molecular formula is C21H25ClN4O3S. The van der Waals surface area contributed by atoms with E-state index in [0.29, 0.717) is 35.4 Å². The van der Waals surface area contributed by atoms with Gasteiger partial charge in [-0.1, -0.05) is 42.0 Å². The van der Waals surface area contributed by atoms with Gasteiger partial charge in [0.15, 0.2) is 5.82 Å². The number of benzene rings is 1. The lowest BCUT2D eigenvalue weighted by molar-refractivity contribution is -0.150. The van der Waals surface area contributed by atoms with E-state index in [9.17, 15) is 9.90 Å². The molecule has 0 aliphatic carbocycles. The zero-order valence-corrected chi connectivity index (χ0v) is 18.6. The van der Waals surface area contributed by atoms with Crippen LogP contribution in [0, 0.1) is 5.92 Å². The summed E-state index contributed by atoms with van der Waals surface area (Å²) in [6.07, 6.45) is 2.40. The maximum atomic E-state index is 12.4. The Hall–Kier alpha value is -2.16. The highest BCUT2D eigenvalue weighted by Crippen LogP contribution is 2.41. The first-order valence-corrected chi connectivity index (χ1v) is 11.4. The molecule has 4 rings (SSSR count). The third kappa shape index (κ3) is 4.04. The summed E-state index contributed by atoms with van der Waals surface area (Å²) in [5.41, 5.74) is 0.999. The maximum absolute atomic E-state index is 12.4. The van der Waals surface area contributed by atoms with Gasteiger partial charge in [0.25, 0.3) is 0 Å². The third-order valence-electron chi connectivity index (χ3n) is 5.43. The van der Waals surface area contributed by atoms with Crippen molar-refractivity contribution < 1.29 is 14.6 Å². The molecule has 2 aromatic heterocycles. The predicted molar refractivity (Wildman–Crippen MR) is 116 cm³/mol. The van der Waals surface area contributed by atoms with Crippen molar-refractivity contribution in [2.75, 3.05) is 19.7 Å². The van der Waals surface area contributed by atoms with Gasteiger partial charge in [0.05, 0.1) is 23.4 Å². The predicted octanol–water partition coefficient (Wildman–Crippen LogP) is 4.08. The molecule has 0 spiro atoms. The summed E-state index contributed by atoms with van der Waals surface area (Å²) in [6, 6.07) is 7.40. The first-order valence-electron chi connectivity index (χ1n) is 10.2. The monoisotopic (exact) mass is 448 g/mol. The molecule has 1 aliphatic rings. The number of likely N-dealkylation sites (tertiary alicyclic amines) is 1. The van der Waals surface area contributed by atoms with Crippen molar-refractivity contribution in [2.45, 2.75) is 39.2 Å². The Kier molecular flexibility index (Phi) is 6.26. The highest BCUT2D eigenvalue weighted by Gasteiger charge is 2.35. The van der Waals surface area contributed by atoms with Gasteiger partial charge in [-0.2, -0.15) is 4.52 Å². The standard InChI is InChI=1S/C21H25ClN4O3S/c1-3-16-23-21-26(24-16)19(27)18(30-21)17(13-7-9-15(22)10-8-13)25-11-5-6-14(12-25)20(28)29-4-2/h7-10,14,17,27H,3-6,11-12H2,1-2H3/t14-,17+/m0/s1. The number of rotatable bonds is 6. The van der Waals surface area contributed by atoms with Gasteiger partial charge in [-0.3, -0.25) is 9.69 Å². The maximum Gasteiger partial charge on any atom is 0.310 e. The van der Waals surface area contributed by atoms with E-state index < -0.39 is 0 Å². The minimum atomic E-state index is -0.224. The fourth-order valence-electron chi connectivity index (χ4n) is 3.99. The van der Waals surface area contributed by atoms with E-state index in [0.717, 1.165) is 29.8 Å². The Bertz CT molecular complexity index is 1030. The van der Waals surface area contributed by atoms with E-state index in [1.807, 2.05) is 38.1 Å². The molecule has 0 saturated carbocycles. The van der Waals surface area contributed by atoms with E-state index in [2.05, 4.69) is 15.0 Å². The van der Waals surface area contributed by atoms with Crippen molar-refractivity contribution in [2.24, 2.45) is 5.92 Å². The molecule has 2 atom stereocenters. The van der Waals surface area contributed by atoms with Crippen LogP contribution in [0.5, 0.6) is 5.88 Å². The average molecular weight is 449 g/mol. The van der Waals surface area contributed by atoms with E-state index in [1.54, 1.807) is 0 Å². The molecule has 0 unspecified atom stereocenters. The smallest absolute Gasteiger partial charge is 0.310 e. The lowest BCUT2D eigenvalue weighted by atomic mass is 9.94. The summed E-state index contributed by atoms with van der Waals surface area (Å²) in [5.74, 6) is 0.466. The van der Waals surface area contributed by atoms with Crippen LogP contribution in [0.15, 0.2) is 24.3 Å². The average Bonchev–Trinajstić information content (AvgIpc) is 3.29.